The minimum absolute atomic E-state index is 0.0483. The molecule has 3 N–H and O–H groups in total. The Hall–Kier alpha value is -2.89. The molecule has 0 atom stereocenters. The number of hydrogen-bond donors (Lipinski definition) is 3. The van der Waals surface area contributed by atoms with Crippen molar-refractivity contribution in [1.82, 2.24) is 15.6 Å². The van der Waals surface area contributed by atoms with Crippen LogP contribution in [-0.2, 0) is 11.3 Å². The maximum atomic E-state index is 11.9. The molecule has 24 heavy (non-hydrogen) atoms. The van der Waals surface area contributed by atoms with Crippen LogP contribution in [0, 0.1) is 5.92 Å². The van der Waals surface area contributed by atoms with Gasteiger partial charge >= 0.3 is 12.0 Å². The van der Waals surface area contributed by atoms with Crippen molar-refractivity contribution < 1.29 is 14.7 Å². The van der Waals surface area contributed by atoms with Gasteiger partial charge in [-0.15, -0.1) is 0 Å². The Morgan fingerprint density at radius 3 is 2.67 bits per heavy atom. The predicted molar refractivity (Wildman–Crippen MR) is 89.2 cm³/mol. The van der Waals surface area contributed by atoms with E-state index in [9.17, 15) is 9.59 Å². The largest absolute Gasteiger partial charge is 0.481 e. The van der Waals surface area contributed by atoms with E-state index in [2.05, 4.69) is 15.6 Å². The first-order valence-electron chi connectivity index (χ1n) is 7.88. The van der Waals surface area contributed by atoms with E-state index in [1.165, 1.54) is 0 Å². The molecule has 1 aliphatic rings. The van der Waals surface area contributed by atoms with Gasteiger partial charge in [-0.2, -0.15) is 0 Å². The number of nitrogens with zero attached hydrogens (tertiary/aromatic N) is 1. The van der Waals surface area contributed by atoms with Crippen molar-refractivity contribution in [1.29, 1.82) is 0 Å². The maximum Gasteiger partial charge on any atom is 0.315 e. The van der Waals surface area contributed by atoms with Crippen molar-refractivity contribution in [3.63, 3.8) is 0 Å². The summed E-state index contributed by atoms with van der Waals surface area (Å²) >= 11 is 0. The highest BCUT2D eigenvalue weighted by atomic mass is 16.4. The number of carbonyl (C=O) groups is 2. The molecule has 1 fully saturated rings. The van der Waals surface area contributed by atoms with E-state index in [-0.39, 0.29) is 18.0 Å². The molecule has 2 aromatic rings. The second-order valence-corrected chi connectivity index (χ2v) is 5.97. The number of aromatic nitrogens is 1. The molecule has 0 radical (unpaired) electrons. The zero-order valence-electron chi connectivity index (χ0n) is 13.1. The fourth-order valence-corrected chi connectivity index (χ4v) is 2.75. The topological polar surface area (TPSA) is 91.3 Å². The van der Waals surface area contributed by atoms with E-state index < -0.39 is 5.97 Å². The summed E-state index contributed by atoms with van der Waals surface area (Å²) in [4.78, 5) is 26.7. The predicted octanol–water partition coefficient (Wildman–Crippen LogP) is 2.41. The number of pyridine rings is 1. The summed E-state index contributed by atoms with van der Waals surface area (Å²) in [5.41, 5.74) is 3.06. The van der Waals surface area contributed by atoms with Crippen LogP contribution in [0.15, 0.2) is 48.8 Å². The van der Waals surface area contributed by atoms with Crippen molar-refractivity contribution >= 4 is 12.0 Å². The number of carbonyl (C=O) groups excluding carboxylic acids is 1. The fourth-order valence-electron chi connectivity index (χ4n) is 2.75. The average Bonchev–Trinajstić information content (AvgIpc) is 2.56. The van der Waals surface area contributed by atoms with Crippen LogP contribution < -0.4 is 10.6 Å². The molecule has 1 aliphatic carbocycles. The standard InChI is InChI=1S/C18H19N3O3/c22-17(23)15-8-16(9-15)21-18(24)20-10-12-3-1-4-13(7-12)14-5-2-6-19-11-14/h1-7,11,15-16H,8-10H2,(H,22,23)(H2,20,21,24). The Kier molecular flexibility index (Phi) is 4.74. The van der Waals surface area contributed by atoms with Crippen LogP contribution in [0.25, 0.3) is 11.1 Å². The third-order valence-corrected chi connectivity index (χ3v) is 4.20. The fraction of sp³-hybridized carbons (Fsp3) is 0.278. The monoisotopic (exact) mass is 325 g/mol. The van der Waals surface area contributed by atoms with Gasteiger partial charge < -0.3 is 15.7 Å². The lowest BCUT2D eigenvalue weighted by molar-refractivity contribution is -0.145. The Balaban J connectivity index is 1.50. The summed E-state index contributed by atoms with van der Waals surface area (Å²) in [5.74, 6) is -1.12. The summed E-state index contributed by atoms with van der Waals surface area (Å²) in [6.45, 7) is 0.412. The molecule has 1 aromatic heterocycles. The molecule has 0 saturated heterocycles. The van der Waals surface area contributed by atoms with Crippen LogP contribution in [0.5, 0.6) is 0 Å². The molecule has 1 heterocycles. The van der Waals surface area contributed by atoms with Gasteiger partial charge in [-0.3, -0.25) is 9.78 Å². The molecule has 0 bridgehead atoms. The third-order valence-electron chi connectivity index (χ3n) is 4.20. The number of aliphatic carboxylic acids is 1. The van der Waals surface area contributed by atoms with Crippen molar-refractivity contribution in [2.75, 3.05) is 0 Å². The van der Waals surface area contributed by atoms with E-state index in [0.29, 0.717) is 19.4 Å². The highest BCUT2D eigenvalue weighted by molar-refractivity contribution is 5.76. The van der Waals surface area contributed by atoms with Crippen LogP contribution in [0.3, 0.4) is 0 Å². The first-order chi connectivity index (χ1) is 11.6. The first kappa shape index (κ1) is 16.0. The average molecular weight is 325 g/mol. The van der Waals surface area contributed by atoms with Crippen LogP contribution in [-0.4, -0.2) is 28.1 Å². The van der Waals surface area contributed by atoms with Crippen LogP contribution in [0.1, 0.15) is 18.4 Å². The minimum atomic E-state index is -0.791. The summed E-state index contributed by atoms with van der Waals surface area (Å²) in [7, 11) is 0. The lowest BCUT2D eigenvalue weighted by Crippen LogP contribution is -2.49. The van der Waals surface area contributed by atoms with Crippen LogP contribution in [0.2, 0.25) is 0 Å². The summed E-state index contributed by atoms with van der Waals surface area (Å²) in [6.07, 6.45) is 4.53. The van der Waals surface area contributed by atoms with Gasteiger partial charge in [-0.25, -0.2) is 4.79 Å². The summed E-state index contributed by atoms with van der Waals surface area (Å²) in [5, 5.41) is 14.4. The Morgan fingerprint density at radius 2 is 1.96 bits per heavy atom. The van der Waals surface area contributed by atoms with E-state index >= 15 is 0 Å². The molecule has 0 spiro atoms. The van der Waals surface area contributed by atoms with E-state index in [1.807, 2.05) is 36.4 Å². The first-order valence-corrected chi connectivity index (χ1v) is 7.88. The van der Waals surface area contributed by atoms with Crippen molar-refractivity contribution in [2.45, 2.75) is 25.4 Å². The number of amides is 2. The highest BCUT2D eigenvalue weighted by Gasteiger charge is 2.35. The number of rotatable bonds is 5. The minimum Gasteiger partial charge on any atom is -0.481 e. The molecule has 2 amide bonds. The molecule has 6 heteroatoms. The lowest BCUT2D eigenvalue weighted by atomic mass is 9.80. The third kappa shape index (κ3) is 3.90. The van der Waals surface area contributed by atoms with Crippen molar-refractivity contribution in [3.05, 3.63) is 54.4 Å². The zero-order chi connectivity index (χ0) is 16.9. The second kappa shape index (κ2) is 7.12. The van der Waals surface area contributed by atoms with Crippen molar-refractivity contribution in [3.8, 4) is 11.1 Å². The second-order valence-electron chi connectivity index (χ2n) is 5.97. The van der Waals surface area contributed by atoms with E-state index in [0.717, 1.165) is 16.7 Å². The Morgan fingerprint density at radius 1 is 1.17 bits per heavy atom. The molecule has 6 nitrogen and oxygen atoms in total. The smallest absolute Gasteiger partial charge is 0.315 e. The Labute approximate surface area is 139 Å². The number of carboxylic acids is 1. The lowest BCUT2D eigenvalue weighted by Gasteiger charge is -2.32. The zero-order valence-corrected chi connectivity index (χ0v) is 13.1. The Bertz CT molecular complexity index is 727. The number of carboxylic acid groups (broad SMARTS) is 1. The quantitative estimate of drug-likeness (QED) is 0.787. The number of urea groups is 1. The molecule has 3 rings (SSSR count). The molecule has 1 aromatic carbocycles. The molecule has 1 saturated carbocycles. The van der Waals surface area contributed by atoms with Gasteiger partial charge in [0, 0.05) is 25.0 Å². The van der Waals surface area contributed by atoms with Gasteiger partial charge in [0.05, 0.1) is 5.92 Å². The van der Waals surface area contributed by atoms with Gasteiger partial charge in [0.1, 0.15) is 0 Å². The summed E-state index contributed by atoms with van der Waals surface area (Å²) < 4.78 is 0. The van der Waals surface area contributed by atoms with Gasteiger partial charge in [0.2, 0.25) is 0 Å². The molecular weight excluding hydrogens is 306 g/mol. The van der Waals surface area contributed by atoms with Gasteiger partial charge in [-0.05, 0) is 41.7 Å². The van der Waals surface area contributed by atoms with Gasteiger partial charge in [0.25, 0.3) is 0 Å². The number of benzene rings is 1. The normalized spacial score (nSPS) is 19.2. The van der Waals surface area contributed by atoms with Crippen LogP contribution in [0.4, 0.5) is 4.79 Å². The molecule has 0 unspecified atom stereocenters. The SMILES string of the molecule is O=C(NCc1cccc(-c2cccnc2)c1)NC1CC(C(=O)O)C1. The molecule has 124 valence electrons. The van der Waals surface area contributed by atoms with Crippen LogP contribution >= 0.6 is 0 Å². The number of hydrogen-bond acceptors (Lipinski definition) is 3. The van der Waals surface area contributed by atoms with Gasteiger partial charge in [-0.1, -0.05) is 24.3 Å². The van der Waals surface area contributed by atoms with E-state index in [1.54, 1.807) is 12.4 Å². The maximum absolute atomic E-state index is 11.9. The molecule has 0 aliphatic heterocycles. The molecular formula is C18H19N3O3. The van der Waals surface area contributed by atoms with Crippen molar-refractivity contribution in [2.24, 2.45) is 5.92 Å². The summed E-state index contributed by atoms with van der Waals surface area (Å²) in [6, 6.07) is 11.5. The van der Waals surface area contributed by atoms with Gasteiger partial charge in [0.15, 0.2) is 0 Å². The number of nitrogens with one attached hydrogen (secondary N) is 2. The van der Waals surface area contributed by atoms with E-state index in [4.69, 9.17) is 5.11 Å². The highest BCUT2D eigenvalue weighted by Crippen LogP contribution is 2.27.